The highest BCUT2D eigenvalue weighted by molar-refractivity contribution is 9.10. The van der Waals surface area contributed by atoms with Gasteiger partial charge >= 0.3 is 0 Å². The quantitative estimate of drug-likeness (QED) is 0.385. The van der Waals surface area contributed by atoms with E-state index in [1.807, 2.05) is 36.4 Å². The maximum absolute atomic E-state index is 5.91. The fourth-order valence-corrected chi connectivity index (χ4v) is 2.55. The van der Waals surface area contributed by atoms with Crippen molar-refractivity contribution in [2.45, 2.75) is 11.5 Å². The molecule has 0 heterocycles. The van der Waals surface area contributed by atoms with Crippen molar-refractivity contribution in [1.29, 1.82) is 0 Å². The fourth-order valence-electron chi connectivity index (χ4n) is 1.49. The number of nitrogen functional groups attached to an aromatic ring is 1. The summed E-state index contributed by atoms with van der Waals surface area (Å²) in [5.74, 6) is 0.598. The molecule has 0 spiro atoms. The topological polar surface area (TPSA) is 35.2 Å². The van der Waals surface area contributed by atoms with Crippen molar-refractivity contribution in [1.82, 2.24) is 0 Å². The highest BCUT2D eigenvalue weighted by Crippen LogP contribution is 2.27. The number of ether oxygens (including phenoxy) is 1. The van der Waals surface area contributed by atoms with Gasteiger partial charge in [-0.2, -0.15) is 0 Å². The van der Waals surface area contributed by atoms with Crippen LogP contribution in [0.1, 0.15) is 5.56 Å². The van der Waals surface area contributed by atoms with E-state index in [-0.39, 0.29) is 0 Å². The van der Waals surface area contributed by atoms with Crippen molar-refractivity contribution in [3.8, 4) is 0 Å². The first-order valence-electron chi connectivity index (χ1n) is 5.55. The Morgan fingerprint density at radius 1 is 1.11 bits per heavy atom. The Morgan fingerprint density at radius 2 is 1.89 bits per heavy atom. The van der Waals surface area contributed by atoms with Crippen molar-refractivity contribution in [3.63, 3.8) is 0 Å². The highest BCUT2D eigenvalue weighted by Gasteiger charge is 2.00. The molecular formula is C14H14BrNOS. The van der Waals surface area contributed by atoms with E-state index >= 15 is 0 Å². The summed E-state index contributed by atoms with van der Waals surface area (Å²) in [4.78, 5) is 1.05. The van der Waals surface area contributed by atoms with Crippen molar-refractivity contribution in [2.24, 2.45) is 0 Å². The first kappa shape index (κ1) is 13.5. The normalized spacial score (nSPS) is 10.5. The van der Waals surface area contributed by atoms with Crippen LogP contribution < -0.4 is 5.73 Å². The summed E-state index contributed by atoms with van der Waals surface area (Å²) < 4.78 is 6.60. The molecule has 0 aliphatic heterocycles. The zero-order chi connectivity index (χ0) is 12.8. The van der Waals surface area contributed by atoms with Gasteiger partial charge in [0, 0.05) is 15.1 Å². The average Bonchev–Trinajstić information content (AvgIpc) is 2.38. The van der Waals surface area contributed by atoms with Crippen molar-refractivity contribution >= 4 is 33.4 Å². The van der Waals surface area contributed by atoms with E-state index in [0.717, 1.165) is 15.1 Å². The molecular weight excluding hydrogens is 310 g/mol. The van der Waals surface area contributed by atoms with Crippen LogP contribution in [0.4, 0.5) is 5.69 Å². The lowest BCUT2D eigenvalue weighted by molar-refractivity contribution is 0.169. The lowest BCUT2D eigenvalue weighted by Gasteiger charge is -2.07. The SMILES string of the molecule is Nc1cc(Br)ccc1SCOCc1ccccc1. The van der Waals surface area contributed by atoms with E-state index < -0.39 is 0 Å². The second-order valence-electron chi connectivity index (χ2n) is 3.78. The molecule has 0 unspecified atom stereocenters. The van der Waals surface area contributed by atoms with E-state index in [4.69, 9.17) is 10.5 Å². The van der Waals surface area contributed by atoms with Crippen LogP contribution in [0.15, 0.2) is 57.9 Å². The minimum Gasteiger partial charge on any atom is -0.398 e. The van der Waals surface area contributed by atoms with Gasteiger partial charge in [0.25, 0.3) is 0 Å². The molecule has 0 aliphatic rings. The van der Waals surface area contributed by atoms with Gasteiger partial charge in [0.2, 0.25) is 0 Å². The first-order valence-corrected chi connectivity index (χ1v) is 7.33. The van der Waals surface area contributed by atoms with E-state index in [0.29, 0.717) is 12.5 Å². The predicted octanol–water partition coefficient (Wildman–Crippen LogP) is 4.30. The van der Waals surface area contributed by atoms with Gasteiger partial charge in [-0.25, -0.2) is 0 Å². The largest absolute Gasteiger partial charge is 0.398 e. The molecule has 0 saturated carbocycles. The number of rotatable bonds is 5. The number of anilines is 1. The van der Waals surface area contributed by atoms with Gasteiger partial charge in [0.05, 0.1) is 12.5 Å². The molecule has 0 atom stereocenters. The highest BCUT2D eigenvalue weighted by atomic mass is 79.9. The summed E-state index contributed by atoms with van der Waals surface area (Å²) in [6, 6.07) is 16.0. The molecule has 2 nitrogen and oxygen atoms in total. The standard InChI is InChI=1S/C14H14BrNOS/c15-12-6-7-14(13(16)8-12)18-10-17-9-11-4-2-1-3-5-11/h1-8H,9-10,16H2. The number of benzene rings is 2. The van der Waals surface area contributed by atoms with Crippen molar-refractivity contribution in [3.05, 3.63) is 58.6 Å². The van der Waals surface area contributed by atoms with Crippen LogP contribution in [0, 0.1) is 0 Å². The molecule has 2 rings (SSSR count). The number of thioether (sulfide) groups is 1. The molecule has 2 aromatic rings. The van der Waals surface area contributed by atoms with Gasteiger partial charge < -0.3 is 10.5 Å². The van der Waals surface area contributed by atoms with Crippen LogP contribution in [0.5, 0.6) is 0 Å². The fraction of sp³-hybridized carbons (Fsp3) is 0.143. The number of nitrogens with two attached hydrogens (primary N) is 1. The summed E-state index contributed by atoms with van der Waals surface area (Å²) in [6.45, 7) is 0.629. The Labute approximate surface area is 120 Å². The van der Waals surface area contributed by atoms with Crippen LogP contribution in [-0.4, -0.2) is 5.94 Å². The molecule has 2 N–H and O–H groups in total. The van der Waals surface area contributed by atoms with Gasteiger partial charge in [-0.15, -0.1) is 0 Å². The maximum atomic E-state index is 5.91. The Bertz CT molecular complexity index is 504. The van der Waals surface area contributed by atoms with Gasteiger partial charge in [-0.1, -0.05) is 58.0 Å². The van der Waals surface area contributed by atoms with Crippen molar-refractivity contribution < 1.29 is 4.74 Å². The lowest BCUT2D eigenvalue weighted by atomic mass is 10.2. The van der Waals surface area contributed by atoms with Crippen LogP contribution in [0.2, 0.25) is 0 Å². The molecule has 0 amide bonds. The van der Waals surface area contributed by atoms with Gasteiger partial charge in [0.1, 0.15) is 0 Å². The van der Waals surface area contributed by atoms with Crippen molar-refractivity contribution in [2.75, 3.05) is 11.7 Å². The third-order valence-electron chi connectivity index (χ3n) is 2.38. The Morgan fingerprint density at radius 3 is 2.61 bits per heavy atom. The Balaban J connectivity index is 1.79. The number of hydrogen-bond acceptors (Lipinski definition) is 3. The molecule has 0 fully saturated rings. The summed E-state index contributed by atoms with van der Waals surface area (Å²) in [6.07, 6.45) is 0. The van der Waals surface area contributed by atoms with Crippen LogP contribution in [0.3, 0.4) is 0 Å². The lowest BCUT2D eigenvalue weighted by Crippen LogP contribution is -1.94. The molecule has 4 heteroatoms. The predicted molar refractivity (Wildman–Crippen MR) is 80.5 cm³/mol. The third kappa shape index (κ3) is 4.05. The minimum atomic E-state index is 0.598. The molecule has 0 radical (unpaired) electrons. The second kappa shape index (κ2) is 6.83. The van der Waals surface area contributed by atoms with Crippen LogP contribution >= 0.6 is 27.7 Å². The molecule has 18 heavy (non-hydrogen) atoms. The number of hydrogen-bond donors (Lipinski definition) is 1. The number of halogens is 1. The Hall–Kier alpha value is -0.970. The van der Waals surface area contributed by atoms with Gasteiger partial charge in [0.15, 0.2) is 0 Å². The molecule has 0 bridgehead atoms. The average molecular weight is 324 g/mol. The summed E-state index contributed by atoms with van der Waals surface area (Å²) in [7, 11) is 0. The van der Waals surface area contributed by atoms with E-state index in [2.05, 4.69) is 28.1 Å². The second-order valence-corrected chi connectivity index (χ2v) is 5.66. The van der Waals surface area contributed by atoms with Crippen LogP contribution in [-0.2, 0) is 11.3 Å². The van der Waals surface area contributed by atoms with Gasteiger partial charge in [-0.3, -0.25) is 0 Å². The monoisotopic (exact) mass is 323 g/mol. The van der Waals surface area contributed by atoms with E-state index in [1.54, 1.807) is 11.8 Å². The van der Waals surface area contributed by atoms with Crippen LogP contribution in [0.25, 0.3) is 0 Å². The molecule has 0 aromatic heterocycles. The molecule has 0 aliphatic carbocycles. The Kier molecular flexibility index (Phi) is 5.11. The minimum absolute atomic E-state index is 0.598. The molecule has 94 valence electrons. The van der Waals surface area contributed by atoms with E-state index in [9.17, 15) is 0 Å². The first-order chi connectivity index (χ1) is 8.75. The summed E-state index contributed by atoms with van der Waals surface area (Å²) in [5.41, 5.74) is 7.87. The van der Waals surface area contributed by atoms with E-state index in [1.165, 1.54) is 5.56 Å². The molecule has 2 aromatic carbocycles. The maximum Gasteiger partial charge on any atom is 0.0972 e. The molecule has 0 saturated heterocycles. The third-order valence-corrected chi connectivity index (χ3v) is 3.84. The zero-order valence-corrected chi connectivity index (χ0v) is 12.2. The summed E-state index contributed by atoms with van der Waals surface area (Å²) in [5, 5.41) is 0. The smallest absolute Gasteiger partial charge is 0.0972 e. The van der Waals surface area contributed by atoms with Gasteiger partial charge in [-0.05, 0) is 23.8 Å². The summed E-state index contributed by atoms with van der Waals surface area (Å²) >= 11 is 5.00. The zero-order valence-electron chi connectivity index (χ0n) is 9.80.